The van der Waals surface area contributed by atoms with Gasteiger partial charge in [-0.05, 0) is 19.9 Å². The van der Waals surface area contributed by atoms with Gasteiger partial charge in [0, 0.05) is 23.8 Å². The van der Waals surface area contributed by atoms with E-state index < -0.39 is 16.0 Å². The number of nitrogens with zero attached hydrogens (tertiary/aromatic N) is 1. The molecule has 0 aliphatic carbocycles. The maximum Gasteiger partial charge on any atom is 0.352 e. The maximum absolute atomic E-state index is 11.9. The molecule has 0 unspecified atom stereocenters. The zero-order chi connectivity index (χ0) is 14.8. The molecule has 0 radical (unpaired) electrons. The van der Waals surface area contributed by atoms with Crippen LogP contribution in [0.3, 0.4) is 0 Å². The number of sulfonamides is 1. The van der Waals surface area contributed by atoms with Crippen LogP contribution in [0.1, 0.15) is 30.4 Å². The number of hydrogen-bond acceptors (Lipinski definition) is 3. The molecule has 0 aliphatic heterocycles. The number of aromatic nitrogens is 1. The van der Waals surface area contributed by atoms with Gasteiger partial charge in [0.1, 0.15) is 10.6 Å². The third-order valence-electron chi connectivity index (χ3n) is 2.36. The van der Waals surface area contributed by atoms with E-state index in [0.29, 0.717) is 0 Å². The fourth-order valence-corrected chi connectivity index (χ4v) is 2.65. The number of aromatic carboxylic acids is 1. The number of hydrogen-bond donors (Lipinski definition) is 2. The van der Waals surface area contributed by atoms with Gasteiger partial charge in [0.2, 0.25) is 10.0 Å². The predicted molar refractivity (Wildman–Crippen MR) is 72.0 cm³/mol. The molecule has 1 aromatic heterocycles. The molecule has 0 spiro atoms. The van der Waals surface area contributed by atoms with E-state index in [-0.39, 0.29) is 28.2 Å². The molecule has 0 bridgehead atoms. The topological polar surface area (TPSA) is 88.4 Å². The minimum absolute atomic E-state index is 0.0833. The van der Waals surface area contributed by atoms with Gasteiger partial charge >= 0.3 is 5.97 Å². The van der Waals surface area contributed by atoms with E-state index in [0.717, 1.165) is 6.07 Å². The summed E-state index contributed by atoms with van der Waals surface area (Å²) < 4.78 is 27.5. The number of carboxylic acid groups (broad SMARTS) is 1. The van der Waals surface area contributed by atoms with Crippen molar-refractivity contribution in [1.29, 1.82) is 0 Å². The molecule has 1 aromatic rings. The van der Waals surface area contributed by atoms with Gasteiger partial charge in [0.05, 0.1) is 0 Å². The highest BCUT2D eigenvalue weighted by Gasteiger charge is 2.22. The largest absolute Gasteiger partial charge is 0.477 e. The van der Waals surface area contributed by atoms with Crippen LogP contribution < -0.4 is 4.72 Å². The lowest BCUT2D eigenvalue weighted by atomic mass is 10.3. The molecule has 6 nitrogen and oxygen atoms in total. The monoisotopic (exact) mass is 306 g/mol. The van der Waals surface area contributed by atoms with Crippen LogP contribution in [0, 0.1) is 0 Å². The van der Waals surface area contributed by atoms with Crippen molar-refractivity contribution in [2.75, 3.05) is 6.54 Å². The van der Waals surface area contributed by atoms with Gasteiger partial charge in [-0.1, -0.05) is 18.2 Å². The van der Waals surface area contributed by atoms with Crippen LogP contribution in [0.2, 0.25) is 0 Å². The first-order chi connectivity index (χ1) is 8.65. The van der Waals surface area contributed by atoms with Gasteiger partial charge in [-0.3, -0.25) is 0 Å². The molecular weight excluding hydrogens is 292 g/mol. The van der Waals surface area contributed by atoms with Crippen LogP contribution in [0.4, 0.5) is 0 Å². The van der Waals surface area contributed by atoms with Gasteiger partial charge in [0.15, 0.2) is 0 Å². The molecule has 1 heterocycles. The van der Waals surface area contributed by atoms with Gasteiger partial charge in [-0.25, -0.2) is 17.9 Å². The minimum atomic E-state index is -3.80. The quantitative estimate of drug-likeness (QED) is 0.838. The number of carboxylic acids is 1. The van der Waals surface area contributed by atoms with Crippen LogP contribution >= 0.6 is 11.6 Å². The highest BCUT2D eigenvalue weighted by atomic mass is 35.5. The molecular formula is C11H15ClN2O4S. The second-order valence-electron chi connectivity index (χ2n) is 4.21. The van der Waals surface area contributed by atoms with Crippen molar-refractivity contribution < 1.29 is 18.3 Å². The standard InChI is InChI=1S/C11H15ClN2O4S/c1-7(2)14-6-9(4-10(14)11(15)16)19(17,18)13-5-8(3)12/h4,6-7,13H,3,5H2,1-2H3,(H,15,16). The first-order valence-electron chi connectivity index (χ1n) is 5.43. The van der Waals surface area contributed by atoms with Crippen molar-refractivity contribution >= 4 is 27.6 Å². The molecule has 0 saturated heterocycles. The van der Waals surface area contributed by atoms with Crippen LogP contribution in [-0.4, -0.2) is 30.6 Å². The zero-order valence-corrected chi connectivity index (χ0v) is 12.1. The lowest BCUT2D eigenvalue weighted by Crippen LogP contribution is -2.24. The molecule has 1 rings (SSSR count). The van der Waals surface area contributed by atoms with Crippen molar-refractivity contribution in [3.05, 3.63) is 29.6 Å². The normalized spacial score (nSPS) is 11.8. The summed E-state index contributed by atoms with van der Waals surface area (Å²) in [5.74, 6) is -1.18. The number of nitrogens with one attached hydrogen (secondary N) is 1. The van der Waals surface area contributed by atoms with Crippen molar-refractivity contribution in [2.24, 2.45) is 0 Å². The van der Waals surface area contributed by atoms with Crippen LogP contribution in [0.25, 0.3) is 0 Å². The minimum Gasteiger partial charge on any atom is -0.477 e. The number of rotatable bonds is 6. The first-order valence-corrected chi connectivity index (χ1v) is 7.29. The average molecular weight is 307 g/mol. The van der Waals surface area contributed by atoms with Crippen LogP contribution in [-0.2, 0) is 10.0 Å². The fraction of sp³-hybridized carbons (Fsp3) is 0.364. The summed E-state index contributed by atoms with van der Waals surface area (Å²) in [7, 11) is -3.80. The van der Waals surface area contributed by atoms with Crippen molar-refractivity contribution in [1.82, 2.24) is 9.29 Å². The molecule has 106 valence electrons. The Morgan fingerprint density at radius 1 is 1.58 bits per heavy atom. The predicted octanol–water partition coefficient (Wildman–Crippen LogP) is 1.80. The summed E-state index contributed by atoms with van der Waals surface area (Å²) in [4.78, 5) is 10.9. The fourth-order valence-electron chi connectivity index (χ4n) is 1.46. The first kappa shape index (κ1) is 15.7. The lowest BCUT2D eigenvalue weighted by Gasteiger charge is -2.09. The summed E-state index contributed by atoms with van der Waals surface area (Å²) >= 11 is 5.49. The highest BCUT2D eigenvalue weighted by molar-refractivity contribution is 7.89. The smallest absolute Gasteiger partial charge is 0.352 e. The van der Waals surface area contributed by atoms with E-state index in [4.69, 9.17) is 16.7 Å². The van der Waals surface area contributed by atoms with E-state index in [2.05, 4.69) is 11.3 Å². The molecule has 0 aliphatic rings. The van der Waals surface area contributed by atoms with Gasteiger partial charge < -0.3 is 9.67 Å². The number of carbonyl (C=O) groups is 1. The van der Waals surface area contributed by atoms with E-state index >= 15 is 0 Å². The van der Waals surface area contributed by atoms with Crippen molar-refractivity contribution in [3.63, 3.8) is 0 Å². The van der Waals surface area contributed by atoms with Crippen molar-refractivity contribution in [2.45, 2.75) is 24.8 Å². The van der Waals surface area contributed by atoms with E-state index in [1.165, 1.54) is 10.8 Å². The number of halogens is 1. The zero-order valence-electron chi connectivity index (χ0n) is 10.6. The van der Waals surface area contributed by atoms with Crippen molar-refractivity contribution in [3.8, 4) is 0 Å². The van der Waals surface area contributed by atoms with Crippen LogP contribution in [0.15, 0.2) is 28.8 Å². The van der Waals surface area contributed by atoms with Gasteiger partial charge in [-0.2, -0.15) is 0 Å². The second kappa shape index (κ2) is 5.77. The molecule has 0 amide bonds. The Kier molecular flexibility index (Phi) is 4.78. The van der Waals surface area contributed by atoms with Gasteiger partial charge in [0.25, 0.3) is 0 Å². The summed E-state index contributed by atoms with van der Waals surface area (Å²) in [5, 5.41) is 9.18. The lowest BCUT2D eigenvalue weighted by molar-refractivity contribution is 0.0683. The maximum atomic E-state index is 11.9. The Morgan fingerprint density at radius 2 is 2.16 bits per heavy atom. The van der Waals surface area contributed by atoms with Crippen LogP contribution in [0.5, 0.6) is 0 Å². The summed E-state index contributed by atoms with van der Waals surface area (Å²) in [6.07, 6.45) is 1.29. The Morgan fingerprint density at radius 3 is 2.53 bits per heavy atom. The molecule has 0 saturated carbocycles. The summed E-state index contributed by atoms with van der Waals surface area (Å²) in [6, 6.07) is 0.944. The Balaban J connectivity index is 3.18. The molecule has 8 heteroatoms. The third-order valence-corrected chi connectivity index (χ3v) is 3.87. The Hall–Kier alpha value is -1.31. The second-order valence-corrected chi connectivity index (χ2v) is 6.51. The summed E-state index contributed by atoms with van der Waals surface area (Å²) in [5.41, 5.74) is -0.0833. The van der Waals surface area contributed by atoms with E-state index in [1.54, 1.807) is 13.8 Å². The van der Waals surface area contributed by atoms with E-state index in [1.807, 2.05) is 0 Å². The average Bonchev–Trinajstić information content (AvgIpc) is 2.72. The molecule has 19 heavy (non-hydrogen) atoms. The SMILES string of the molecule is C=C(Cl)CNS(=O)(=O)c1cc(C(=O)O)n(C(C)C)c1. The third kappa shape index (κ3) is 3.82. The Bertz CT molecular complexity index is 604. The summed E-state index contributed by atoms with van der Waals surface area (Å²) in [6.45, 7) is 6.78. The molecule has 2 N–H and O–H groups in total. The van der Waals surface area contributed by atoms with E-state index in [9.17, 15) is 13.2 Å². The molecule has 0 fully saturated rings. The Labute approximate surface area is 116 Å². The molecule has 0 atom stereocenters. The van der Waals surface area contributed by atoms with Gasteiger partial charge in [-0.15, -0.1) is 0 Å². The molecule has 0 aromatic carbocycles. The highest BCUT2D eigenvalue weighted by Crippen LogP contribution is 2.19.